The monoisotopic (exact) mass is 452 g/mol. The van der Waals surface area contributed by atoms with Gasteiger partial charge >= 0.3 is 0 Å². The largest absolute Gasteiger partial charge is 0.488 e. The molecule has 4 nitrogen and oxygen atoms in total. The molecule has 0 saturated heterocycles. The van der Waals surface area contributed by atoms with Gasteiger partial charge in [0.1, 0.15) is 13.2 Å². The van der Waals surface area contributed by atoms with Gasteiger partial charge in [0, 0.05) is 5.41 Å². The van der Waals surface area contributed by atoms with Crippen molar-refractivity contribution in [3.63, 3.8) is 0 Å². The van der Waals surface area contributed by atoms with Crippen LogP contribution in [0.3, 0.4) is 0 Å². The van der Waals surface area contributed by atoms with Crippen LogP contribution >= 0.6 is 46.4 Å². The summed E-state index contributed by atoms with van der Waals surface area (Å²) < 4.78 is 10.8. The van der Waals surface area contributed by atoms with Gasteiger partial charge in [0.25, 0.3) is 0 Å². The van der Waals surface area contributed by atoms with Crippen molar-refractivity contribution < 1.29 is 19.7 Å². The Morgan fingerprint density at radius 1 is 0.704 bits per heavy atom. The Hall–Kier alpha value is -0.880. The molecule has 2 rings (SSSR count). The summed E-state index contributed by atoms with van der Waals surface area (Å²) in [5, 5.41) is 19.2. The molecule has 0 fully saturated rings. The third-order valence-corrected chi connectivity index (χ3v) is 5.24. The van der Waals surface area contributed by atoms with Crippen molar-refractivity contribution in [1.82, 2.24) is 0 Å². The molecule has 0 bridgehead atoms. The van der Waals surface area contributed by atoms with Crippen molar-refractivity contribution >= 4 is 46.4 Å². The second-order valence-corrected chi connectivity index (χ2v) is 7.94. The lowest BCUT2D eigenvalue weighted by Gasteiger charge is -2.28. The zero-order chi connectivity index (χ0) is 20.2. The normalized spacial score (nSPS) is 11.6. The van der Waals surface area contributed by atoms with Crippen LogP contribution in [-0.2, 0) is 5.41 Å². The summed E-state index contributed by atoms with van der Waals surface area (Å²) in [6, 6.07) is 7.05. The average Bonchev–Trinajstić information content (AvgIpc) is 2.60. The molecule has 27 heavy (non-hydrogen) atoms. The van der Waals surface area contributed by atoms with E-state index in [1.54, 1.807) is 24.3 Å². The average molecular weight is 454 g/mol. The fourth-order valence-electron chi connectivity index (χ4n) is 2.58. The van der Waals surface area contributed by atoms with Gasteiger partial charge in [-0.2, -0.15) is 0 Å². The Morgan fingerprint density at radius 3 is 1.26 bits per heavy atom. The number of halogens is 4. The Kier molecular flexibility index (Phi) is 7.93. The second kappa shape index (κ2) is 9.55. The molecular weight excluding hydrogens is 434 g/mol. The van der Waals surface area contributed by atoms with Crippen LogP contribution in [0.2, 0.25) is 20.1 Å². The summed E-state index contributed by atoms with van der Waals surface area (Å²) in [4.78, 5) is 0. The molecular formula is C19H20Cl4O4. The standard InChI is InChI=1S/C19H20Cl4O4/c1-19(2,11-7-13(20)17(14(21)8-11)26-5-3-24)12-9-15(22)18(16(23)10-12)27-6-4-25/h7-10,24-25H,3-6H2,1-2H3. The number of hydrogen-bond acceptors (Lipinski definition) is 4. The Bertz CT molecular complexity index is 697. The molecule has 0 atom stereocenters. The van der Waals surface area contributed by atoms with Crippen molar-refractivity contribution in [2.24, 2.45) is 0 Å². The van der Waals surface area contributed by atoms with Crippen LogP contribution in [0.4, 0.5) is 0 Å². The molecule has 0 aliphatic heterocycles. The van der Waals surface area contributed by atoms with E-state index in [1.165, 1.54) is 0 Å². The molecule has 148 valence electrons. The molecule has 2 N–H and O–H groups in total. The summed E-state index contributed by atoms with van der Waals surface area (Å²) in [7, 11) is 0. The van der Waals surface area contributed by atoms with Gasteiger partial charge in [0.05, 0.1) is 33.3 Å². The molecule has 0 saturated carbocycles. The maximum atomic E-state index is 8.91. The van der Waals surface area contributed by atoms with E-state index in [4.69, 9.17) is 66.1 Å². The minimum atomic E-state index is -0.522. The first-order valence-electron chi connectivity index (χ1n) is 8.18. The predicted molar refractivity (Wildman–Crippen MR) is 110 cm³/mol. The fourth-order valence-corrected chi connectivity index (χ4v) is 3.77. The lowest BCUT2D eigenvalue weighted by Crippen LogP contribution is -2.19. The fraction of sp³-hybridized carbons (Fsp3) is 0.368. The number of ether oxygens (including phenoxy) is 2. The van der Waals surface area contributed by atoms with Gasteiger partial charge in [-0.1, -0.05) is 60.3 Å². The van der Waals surface area contributed by atoms with Crippen LogP contribution in [0.15, 0.2) is 24.3 Å². The minimum absolute atomic E-state index is 0.0999. The third-order valence-electron chi connectivity index (χ3n) is 4.12. The van der Waals surface area contributed by atoms with E-state index in [0.29, 0.717) is 31.6 Å². The maximum Gasteiger partial charge on any atom is 0.156 e. The van der Waals surface area contributed by atoms with E-state index >= 15 is 0 Å². The van der Waals surface area contributed by atoms with Crippen molar-refractivity contribution in [1.29, 1.82) is 0 Å². The summed E-state index contributed by atoms with van der Waals surface area (Å²) >= 11 is 25.3. The van der Waals surface area contributed by atoms with Crippen LogP contribution < -0.4 is 9.47 Å². The smallest absolute Gasteiger partial charge is 0.156 e. The van der Waals surface area contributed by atoms with Gasteiger partial charge in [0.15, 0.2) is 11.5 Å². The Morgan fingerprint density at radius 2 is 1.00 bits per heavy atom. The van der Waals surface area contributed by atoms with Gasteiger partial charge in [-0.25, -0.2) is 0 Å². The van der Waals surface area contributed by atoms with Gasteiger partial charge in [0.2, 0.25) is 0 Å². The second-order valence-electron chi connectivity index (χ2n) is 6.31. The predicted octanol–water partition coefficient (Wildman–Crippen LogP) is 5.37. The minimum Gasteiger partial charge on any atom is -0.488 e. The van der Waals surface area contributed by atoms with E-state index < -0.39 is 5.41 Å². The highest BCUT2D eigenvalue weighted by molar-refractivity contribution is 6.38. The molecule has 2 aromatic carbocycles. The summed E-state index contributed by atoms with van der Waals surface area (Å²) in [5.74, 6) is 0.659. The SMILES string of the molecule is CC(C)(c1cc(Cl)c(OCCO)c(Cl)c1)c1cc(Cl)c(OCCO)c(Cl)c1. The van der Waals surface area contributed by atoms with Crippen molar-refractivity contribution in [3.05, 3.63) is 55.5 Å². The first kappa shape index (κ1) is 22.4. The van der Waals surface area contributed by atoms with Gasteiger partial charge in [-0.15, -0.1) is 0 Å². The molecule has 0 aromatic heterocycles. The van der Waals surface area contributed by atoms with Crippen molar-refractivity contribution in [2.75, 3.05) is 26.4 Å². The number of hydrogen-bond donors (Lipinski definition) is 2. The van der Waals surface area contributed by atoms with Crippen LogP contribution in [-0.4, -0.2) is 36.6 Å². The van der Waals surface area contributed by atoms with Gasteiger partial charge in [-0.3, -0.25) is 0 Å². The van der Waals surface area contributed by atoms with E-state index in [1.807, 2.05) is 13.8 Å². The summed E-state index contributed by atoms with van der Waals surface area (Å²) in [5.41, 5.74) is 1.15. The number of aliphatic hydroxyl groups is 2. The van der Waals surface area contributed by atoms with Crippen molar-refractivity contribution in [2.45, 2.75) is 19.3 Å². The van der Waals surface area contributed by atoms with Crippen molar-refractivity contribution in [3.8, 4) is 11.5 Å². The zero-order valence-corrected chi connectivity index (χ0v) is 17.9. The molecule has 0 unspecified atom stereocenters. The molecule has 0 amide bonds. The third kappa shape index (κ3) is 5.14. The van der Waals surface area contributed by atoms with E-state index in [9.17, 15) is 0 Å². The van der Waals surface area contributed by atoms with Crippen LogP contribution in [0, 0.1) is 0 Å². The summed E-state index contributed by atoms with van der Waals surface area (Å²) in [6.07, 6.45) is 0. The molecule has 0 heterocycles. The molecule has 0 aliphatic carbocycles. The lowest BCUT2D eigenvalue weighted by atomic mass is 9.78. The Labute approximate surface area is 178 Å². The topological polar surface area (TPSA) is 58.9 Å². The Balaban J connectivity index is 2.43. The maximum absolute atomic E-state index is 8.91. The van der Waals surface area contributed by atoms with Crippen LogP contribution in [0.25, 0.3) is 0 Å². The molecule has 2 aromatic rings. The van der Waals surface area contributed by atoms with E-state index in [0.717, 1.165) is 11.1 Å². The van der Waals surface area contributed by atoms with Crippen LogP contribution in [0.1, 0.15) is 25.0 Å². The first-order chi connectivity index (χ1) is 12.7. The molecule has 0 spiro atoms. The number of rotatable bonds is 8. The van der Waals surface area contributed by atoms with Gasteiger partial charge < -0.3 is 19.7 Å². The molecule has 0 radical (unpaired) electrons. The van der Waals surface area contributed by atoms with E-state index in [2.05, 4.69) is 0 Å². The van der Waals surface area contributed by atoms with Gasteiger partial charge in [-0.05, 0) is 35.4 Å². The molecule has 0 aliphatic rings. The lowest BCUT2D eigenvalue weighted by molar-refractivity contribution is 0.201. The highest BCUT2D eigenvalue weighted by atomic mass is 35.5. The highest BCUT2D eigenvalue weighted by Crippen LogP contribution is 2.43. The molecule has 8 heteroatoms. The quantitative estimate of drug-likeness (QED) is 0.564. The number of benzene rings is 2. The van der Waals surface area contributed by atoms with Crippen LogP contribution in [0.5, 0.6) is 11.5 Å². The zero-order valence-electron chi connectivity index (χ0n) is 14.9. The highest BCUT2D eigenvalue weighted by Gasteiger charge is 2.27. The first-order valence-corrected chi connectivity index (χ1v) is 9.70. The number of aliphatic hydroxyl groups excluding tert-OH is 2. The summed E-state index contributed by atoms with van der Waals surface area (Å²) in [6.45, 7) is 3.90. The van der Waals surface area contributed by atoms with E-state index in [-0.39, 0.29) is 26.4 Å².